The second kappa shape index (κ2) is 7.07. The molecule has 27 heavy (non-hydrogen) atoms. The van der Waals surface area contributed by atoms with E-state index in [1.807, 2.05) is 17.9 Å². The van der Waals surface area contributed by atoms with E-state index in [1.165, 1.54) is 12.3 Å². The average Bonchev–Trinajstić information content (AvgIpc) is 3.47. The number of piperazine rings is 1. The molecule has 1 aliphatic heterocycles. The van der Waals surface area contributed by atoms with Crippen molar-refractivity contribution in [1.29, 1.82) is 0 Å². The number of halogens is 3. The van der Waals surface area contributed by atoms with Gasteiger partial charge in [0.25, 0.3) is 0 Å². The lowest BCUT2D eigenvalue weighted by Crippen LogP contribution is -2.46. The molecule has 1 saturated carbocycles. The van der Waals surface area contributed by atoms with Crippen LogP contribution in [0.15, 0.2) is 24.4 Å². The fourth-order valence-electron chi connectivity index (χ4n) is 3.46. The van der Waals surface area contributed by atoms with Crippen LogP contribution in [-0.4, -0.2) is 46.0 Å². The predicted octanol–water partition coefficient (Wildman–Crippen LogP) is 3.40. The molecule has 0 radical (unpaired) electrons. The number of pyridine rings is 1. The van der Waals surface area contributed by atoms with Crippen molar-refractivity contribution >= 4 is 5.82 Å². The van der Waals surface area contributed by atoms with Crippen LogP contribution in [0.3, 0.4) is 0 Å². The Bertz CT molecular complexity index is 811. The summed E-state index contributed by atoms with van der Waals surface area (Å²) in [6.45, 7) is 5.09. The molecule has 2 aliphatic rings. The Balaban J connectivity index is 1.42. The third-order valence-electron chi connectivity index (χ3n) is 5.05. The number of aryl methyl sites for hydroxylation is 1. The van der Waals surface area contributed by atoms with E-state index >= 15 is 0 Å². The van der Waals surface area contributed by atoms with Gasteiger partial charge < -0.3 is 4.90 Å². The van der Waals surface area contributed by atoms with Gasteiger partial charge in [-0.05, 0) is 31.4 Å². The minimum atomic E-state index is -4.42. The number of nitrogens with zero attached hydrogens (tertiary/aromatic N) is 5. The largest absolute Gasteiger partial charge is 0.433 e. The number of aromatic nitrogens is 3. The van der Waals surface area contributed by atoms with Crippen molar-refractivity contribution in [2.45, 2.75) is 38.4 Å². The van der Waals surface area contributed by atoms with Crippen LogP contribution in [-0.2, 0) is 12.7 Å². The van der Waals surface area contributed by atoms with Crippen molar-refractivity contribution in [3.05, 3.63) is 47.2 Å². The summed E-state index contributed by atoms with van der Waals surface area (Å²) in [5.41, 5.74) is 0.412. The normalized spacial score (nSPS) is 18.7. The Morgan fingerprint density at radius 1 is 1.11 bits per heavy atom. The molecular formula is C19H22F3N5. The van der Waals surface area contributed by atoms with Crippen LogP contribution in [0.1, 0.15) is 41.5 Å². The van der Waals surface area contributed by atoms with Crippen LogP contribution >= 0.6 is 0 Å². The minimum Gasteiger partial charge on any atom is -0.354 e. The van der Waals surface area contributed by atoms with Crippen molar-refractivity contribution in [1.82, 2.24) is 19.9 Å². The molecule has 0 atom stereocenters. The molecule has 1 aliphatic carbocycles. The minimum absolute atomic E-state index is 0.229. The molecule has 0 aromatic carbocycles. The Morgan fingerprint density at radius 3 is 2.52 bits per heavy atom. The zero-order valence-corrected chi connectivity index (χ0v) is 15.2. The number of hydrogen-bond donors (Lipinski definition) is 0. The molecule has 0 amide bonds. The van der Waals surface area contributed by atoms with E-state index in [1.54, 1.807) is 6.07 Å². The van der Waals surface area contributed by atoms with Crippen molar-refractivity contribution in [2.24, 2.45) is 0 Å². The van der Waals surface area contributed by atoms with E-state index in [-0.39, 0.29) is 12.1 Å². The topological polar surface area (TPSA) is 45.2 Å². The molecule has 5 nitrogen and oxygen atoms in total. The zero-order chi connectivity index (χ0) is 19.0. The van der Waals surface area contributed by atoms with E-state index in [2.05, 4.69) is 14.9 Å². The average molecular weight is 377 g/mol. The highest BCUT2D eigenvalue weighted by Gasteiger charge is 2.35. The molecule has 0 N–H and O–H groups in total. The quantitative estimate of drug-likeness (QED) is 0.817. The summed E-state index contributed by atoms with van der Waals surface area (Å²) in [6, 6.07) is 5.06. The van der Waals surface area contributed by atoms with E-state index < -0.39 is 11.9 Å². The SMILES string of the molecule is Cc1cc(N2CCN(Cc3cccnc3C(F)(F)F)CC2)nc(C2CC2)n1. The summed E-state index contributed by atoms with van der Waals surface area (Å²) in [5.74, 6) is 2.36. The summed E-state index contributed by atoms with van der Waals surface area (Å²) in [7, 11) is 0. The van der Waals surface area contributed by atoms with Gasteiger partial charge in [0.05, 0.1) is 0 Å². The summed E-state index contributed by atoms with van der Waals surface area (Å²) >= 11 is 0. The third kappa shape index (κ3) is 4.21. The fraction of sp³-hybridized carbons (Fsp3) is 0.526. The monoisotopic (exact) mass is 377 g/mol. The molecule has 8 heteroatoms. The van der Waals surface area contributed by atoms with E-state index in [4.69, 9.17) is 4.98 Å². The molecule has 4 rings (SSSR count). The van der Waals surface area contributed by atoms with Crippen LogP contribution in [0.25, 0.3) is 0 Å². The Labute approximate surface area is 156 Å². The molecule has 2 aromatic heterocycles. The number of anilines is 1. The van der Waals surface area contributed by atoms with E-state index in [9.17, 15) is 13.2 Å². The number of hydrogen-bond acceptors (Lipinski definition) is 5. The van der Waals surface area contributed by atoms with Gasteiger partial charge in [-0.15, -0.1) is 0 Å². The van der Waals surface area contributed by atoms with Crippen LogP contribution in [0.5, 0.6) is 0 Å². The second-order valence-corrected chi connectivity index (χ2v) is 7.27. The molecule has 3 heterocycles. The molecule has 1 saturated heterocycles. The Morgan fingerprint density at radius 2 is 1.85 bits per heavy atom. The van der Waals surface area contributed by atoms with Crippen molar-refractivity contribution in [3.8, 4) is 0 Å². The van der Waals surface area contributed by atoms with Gasteiger partial charge in [0.15, 0.2) is 0 Å². The first-order chi connectivity index (χ1) is 12.9. The second-order valence-electron chi connectivity index (χ2n) is 7.27. The predicted molar refractivity (Wildman–Crippen MR) is 95.5 cm³/mol. The lowest BCUT2D eigenvalue weighted by Gasteiger charge is -2.35. The van der Waals surface area contributed by atoms with E-state index in [0.717, 1.165) is 43.3 Å². The number of rotatable bonds is 4. The van der Waals surface area contributed by atoms with Crippen molar-refractivity contribution < 1.29 is 13.2 Å². The summed E-state index contributed by atoms with van der Waals surface area (Å²) < 4.78 is 39.4. The highest BCUT2D eigenvalue weighted by Crippen LogP contribution is 2.38. The van der Waals surface area contributed by atoms with Gasteiger partial charge in [-0.1, -0.05) is 6.07 Å². The summed E-state index contributed by atoms with van der Waals surface area (Å²) in [4.78, 5) is 17.0. The first-order valence-electron chi connectivity index (χ1n) is 9.24. The Kier molecular flexibility index (Phi) is 4.75. The first-order valence-corrected chi connectivity index (χ1v) is 9.24. The lowest BCUT2D eigenvalue weighted by molar-refractivity contribution is -0.142. The van der Waals surface area contributed by atoms with Gasteiger partial charge in [-0.25, -0.2) is 9.97 Å². The maximum absolute atomic E-state index is 13.1. The fourth-order valence-corrected chi connectivity index (χ4v) is 3.46. The maximum Gasteiger partial charge on any atom is 0.433 e. The first kappa shape index (κ1) is 18.2. The van der Waals surface area contributed by atoms with Crippen LogP contribution in [0, 0.1) is 6.92 Å². The van der Waals surface area contributed by atoms with Crippen molar-refractivity contribution in [2.75, 3.05) is 31.1 Å². The van der Waals surface area contributed by atoms with Crippen molar-refractivity contribution in [3.63, 3.8) is 0 Å². The smallest absolute Gasteiger partial charge is 0.354 e. The van der Waals surface area contributed by atoms with Gasteiger partial charge in [0.2, 0.25) is 0 Å². The van der Waals surface area contributed by atoms with Gasteiger partial charge in [-0.3, -0.25) is 9.88 Å². The molecule has 144 valence electrons. The Hall–Kier alpha value is -2.22. The summed E-state index contributed by atoms with van der Waals surface area (Å²) in [6.07, 6.45) is -0.915. The maximum atomic E-state index is 13.1. The standard InChI is InChI=1S/C19H22F3N5/c1-13-11-16(25-18(24-13)14-4-5-14)27-9-7-26(8-10-27)12-15-3-2-6-23-17(15)19(20,21)22/h2-3,6,11,14H,4-5,7-10,12H2,1H3. The molecule has 2 aromatic rings. The number of alkyl halides is 3. The zero-order valence-electron chi connectivity index (χ0n) is 15.2. The highest BCUT2D eigenvalue weighted by atomic mass is 19.4. The molecule has 0 bridgehead atoms. The molecular weight excluding hydrogens is 355 g/mol. The van der Waals surface area contributed by atoms with Crippen LogP contribution < -0.4 is 4.90 Å². The van der Waals surface area contributed by atoms with Crippen LogP contribution in [0.2, 0.25) is 0 Å². The molecule has 0 spiro atoms. The summed E-state index contributed by atoms with van der Waals surface area (Å²) in [5, 5.41) is 0. The lowest BCUT2D eigenvalue weighted by atomic mass is 10.1. The van der Waals surface area contributed by atoms with Gasteiger partial charge >= 0.3 is 6.18 Å². The molecule has 2 fully saturated rings. The third-order valence-corrected chi connectivity index (χ3v) is 5.05. The van der Waals surface area contributed by atoms with Crippen LogP contribution in [0.4, 0.5) is 19.0 Å². The molecule has 0 unspecified atom stereocenters. The van der Waals surface area contributed by atoms with Gasteiger partial charge in [0.1, 0.15) is 17.3 Å². The van der Waals surface area contributed by atoms with Gasteiger partial charge in [-0.2, -0.15) is 13.2 Å². The van der Waals surface area contributed by atoms with E-state index in [0.29, 0.717) is 19.0 Å². The highest BCUT2D eigenvalue weighted by molar-refractivity contribution is 5.41. The van der Waals surface area contributed by atoms with Gasteiger partial charge in [0, 0.05) is 56.6 Å².